The van der Waals surface area contributed by atoms with Crippen LogP contribution in [0.3, 0.4) is 0 Å². The van der Waals surface area contributed by atoms with E-state index in [-0.39, 0.29) is 6.23 Å². The third kappa shape index (κ3) is 2.63. The number of rotatable bonds is 3. The second kappa shape index (κ2) is 5.45. The Morgan fingerprint density at radius 2 is 2.05 bits per heavy atom. The van der Waals surface area contributed by atoms with Crippen LogP contribution in [0.2, 0.25) is 0 Å². The van der Waals surface area contributed by atoms with Gasteiger partial charge in [-0.1, -0.05) is 0 Å². The van der Waals surface area contributed by atoms with Crippen LogP contribution in [-0.2, 0) is 4.74 Å². The molecule has 2 aromatic rings. The molecule has 4 nitrogen and oxygen atoms in total. The number of methoxy groups -OCH3 is 1. The monoisotopic (exact) mass is 258 g/mol. The van der Waals surface area contributed by atoms with Gasteiger partial charge in [-0.15, -0.1) is 0 Å². The van der Waals surface area contributed by atoms with Crippen molar-refractivity contribution in [3.63, 3.8) is 0 Å². The van der Waals surface area contributed by atoms with E-state index in [1.165, 1.54) is 6.42 Å². The summed E-state index contributed by atoms with van der Waals surface area (Å²) < 4.78 is 12.8. The summed E-state index contributed by atoms with van der Waals surface area (Å²) in [6, 6.07) is 9.97. The molecule has 2 heterocycles. The molecule has 3 rings (SSSR count). The first-order chi connectivity index (χ1) is 9.36. The van der Waals surface area contributed by atoms with Crippen molar-refractivity contribution in [2.75, 3.05) is 13.7 Å². The van der Waals surface area contributed by atoms with Crippen molar-refractivity contribution in [2.24, 2.45) is 0 Å². The lowest BCUT2D eigenvalue weighted by molar-refractivity contribution is -0.0393. The highest BCUT2D eigenvalue weighted by atomic mass is 16.5. The summed E-state index contributed by atoms with van der Waals surface area (Å²) in [4.78, 5) is 0. The second-order valence-corrected chi connectivity index (χ2v) is 4.73. The summed E-state index contributed by atoms with van der Waals surface area (Å²) in [5.41, 5.74) is 2.06. The van der Waals surface area contributed by atoms with Crippen molar-refractivity contribution in [1.29, 1.82) is 0 Å². The third-order valence-electron chi connectivity index (χ3n) is 3.44. The molecule has 0 amide bonds. The summed E-state index contributed by atoms with van der Waals surface area (Å²) in [7, 11) is 1.67. The maximum absolute atomic E-state index is 5.73. The summed E-state index contributed by atoms with van der Waals surface area (Å²) in [6.07, 6.45) is 5.51. The molecule has 1 fully saturated rings. The highest BCUT2D eigenvalue weighted by Crippen LogP contribution is 2.25. The van der Waals surface area contributed by atoms with Gasteiger partial charge in [0.25, 0.3) is 0 Å². The topological polar surface area (TPSA) is 36.3 Å². The predicted molar refractivity (Wildman–Crippen MR) is 73.1 cm³/mol. The molecule has 4 heteroatoms. The molecule has 0 bridgehead atoms. The van der Waals surface area contributed by atoms with Gasteiger partial charge in [0.05, 0.1) is 12.8 Å². The Bertz CT molecular complexity index is 527. The third-order valence-corrected chi connectivity index (χ3v) is 3.44. The smallest absolute Gasteiger partial charge is 0.150 e. The molecular formula is C15H18N2O2. The number of benzene rings is 1. The van der Waals surface area contributed by atoms with E-state index in [4.69, 9.17) is 9.47 Å². The van der Waals surface area contributed by atoms with Gasteiger partial charge in [0, 0.05) is 18.4 Å². The van der Waals surface area contributed by atoms with Crippen LogP contribution in [0.25, 0.3) is 11.3 Å². The van der Waals surface area contributed by atoms with Crippen LogP contribution in [0.15, 0.2) is 36.5 Å². The van der Waals surface area contributed by atoms with Gasteiger partial charge in [0.2, 0.25) is 0 Å². The highest BCUT2D eigenvalue weighted by molar-refractivity contribution is 5.59. The highest BCUT2D eigenvalue weighted by Gasteiger charge is 2.16. The second-order valence-electron chi connectivity index (χ2n) is 4.73. The van der Waals surface area contributed by atoms with E-state index in [1.807, 2.05) is 41.2 Å². The van der Waals surface area contributed by atoms with E-state index in [0.29, 0.717) is 0 Å². The SMILES string of the molecule is COc1ccc(-c2ccn(C3CCCCO3)n2)cc1. The molecule has 100 valence electrons. The molecule has 0 spiro atoms. The number of nitrogens with zero attached hydrogens (tertiary/aromatic N) is 2. The van der Waals surface area contributed by atoms with Gasteiger partial charge in [0.1, 0.15) is 12.0 Å². The lowest BCUT2D eigenvalue weighted by Crippen LogP contribution is -2.18. The molecule has 19 heavy (non-hydrogen) atoms. The van der Waals surface area contributed by atoms with Crippen molar-refractivity contribution in [3.8, 4) is 17.0 Å². The fourth-order valence-corrected chi connectivity index (χ4v) is 2.35. The van der Waals surface area contributed by atoms with Crippen molar-refractivity contribution in [3.05, 3.63) is 36.5 Å². The number of hydrogen-bond acceptors (Lipinski definition) is 3. The molecule has 0 aliphatic carbocycles. The van der Waals surface area contributed by atoms with Crippen LogP contribution < -0.4 is 4.74 Å². The Balaban J connectivity index is 1.79. The minimum absolute atomic E-state index is 0.0979. The van der Waals surface area contributed by atoms with E-state index in [1.54, 1.807) is 7.11 Å². The van der Waals surface area contributed by atoms with Crippen LogP contribution >= 0.6 is 0 Å². The lowest BCUT2D eigenvalue weighted by Gasteiger charge is -2.22. The summed E-state index contributed by atoms with van der Waals surface area (Å²) in [6.45, 7) is 0.836. The number of aromatic nitrogens is 2. The average molecular weight is 258 g/mol. The quantitative estimate of drug-likeness (QED) is 0.847. The van der Waals surface area contributed by atoms with E-state index < -0.39 is 0 Å². The Labute approximate surface area is 113 Å². The normalized spacial score (nSPS) is 19.3. The molecule has 1 aliphatic rings. The molecule has 1 atom stereocenters. The van der Waals surface area contributed by atoms with Crippen LogP contribution in [0.1, 0.15) is 25.5 Å². The van der Waals surface area contributed by atoms with Crippen LogP contribution in [0, 0.1) is 0 Å². The number of ether oxygens (including phenoxy) is 2. The van der Waals surface area contributed by atoms with Crippen LogP contribution in [-0.4, -0.2) is 23.5 Å². The van der Waals surface area contributed by atoms with Gasteiger partial charge >= 0.3 is 0 Å². The van der Waals surface area contributed by atoms with Gasteiger partial charge in [0.15, 0.2) is 0 Å². The van der Waals surface area contributed by atoms with Crippen molar-refractivity contribution in [2.45, 2.75) is 25.5 Å². The molecule has 0 radical (unpaired) electrons. The van der Waals surface area contributed by atoms with Gasteiger partial charge in [-0.2, -0.15) is 5.10 Å². The Morgan fingerprint density at radius 1 is 1.21 bits per heavy atom. The number of hydrogen-bond donors (Lipinski definition) is 0. The predicted octanol–water partition coefficient (Wildman–Crippen LogP) is 3.26. The maximum Gasteiger partial charge on any atom is 0.150 e. The van der Waals surface area contributed by atoms with Gasteiger partial charge in [-0.3, -0.25) is 0 Å². The first-order valence-corrected chi connectivity index (χ1v) is 6.68. The molecular weight excluding hydrogens is 240 g/mol. The van der Waals surface area contributed by atoms with Crippen molar-refractivity contribution < 1.29 is 9.47 Å². The van der Waals surface area contributed by atoms with Crippen LogP contribution in [0.5, 0.6) is 5.75 Å². The summed E-state index contributed by atoms with van der Waals surface area (Å²) in [5, 5.41) is 4.61. The van der Waals surface area contributed by atoms with E-state index in [2.05, 4.69) is 5.10 Å². The first kappa shape index (κ1) is 12.2. The zero-order valence-electron chi connectivity index (χ0n) is 11.1. The van der Waals surface area contributed by atoms with Crippen molar-refractivity contribution >= 4 is 0 Å². The minimum atomic E-state index is 0.0979. The fraction of sp³-hybridized carbons (Fsp3) is 0.400. The molecule has 1 aromatic carbocycles. The Kier molecular flexibility index (Phi) is 3.51. The molecule has 1 aromatic heterocycles. The average Bonchev–Trinajstić information content (AvgIpc) is 2.98. The van der Waals surface area contributed by atoms with Gasteiger partial charge < -0.3 is 9.47 Å². The summed E-state index contributed by atoms with van der Waals surface area (Å²) >= 11 is 0. The Hall–Kier alpha value is -1.81. The lowest BCUT2D eigenvalue weighted by atomic mass is 10.1. The van der Waals surface area contributed by atoms with E-state index in [9.17, 15) is 0 Å². The van der Waals surface area contributed by atoms with Gasteiger partial charge in [-0.05, 0) is 49.6 Å². The molecule has 1 saturated heterocycles. The fourth-order valence-electron chi connectivity index (χ4n) is 2.35. The Morgan fingerprint density at radius 3 is 2.74 bits per heavy atom. The van der Waals surface area contributed by atoms with Gasteiger partial charge in [-0.25, -0.2) is 4.68 Å². The molecule has 1 unspecified atom stereocenters. The standard InChI is InChI=1S/C15H18N2O2/c1-18-13-7-5-12(6-8-13)14-9-10-17(16-14)15-4-2-3-11-19-15/h5-10,15H,2-4,11H2,1H3. The van der Waals surface area contributed by atoms with Crippen LogP contribution in [0.4, 0.5) is 0 Å². The van der Waals surface area contributed by atoms with E-state index in [0.717, 1.165) is 36.5 Å². The minimum Gasteiger partial charge on any atom is -0.497 e. The first-order valence-electron chi connectivity index (χ1n) is 6.68. The zero-order valence-corrected chi connectivity index (χ0v) is 11.1. The summed E-state index contributed by atoms with van der Waals surface area (Å²) in [5.74, 6) is 0.860. The molecule has 0 saturated carbocycles. The maximum atomic E-state index is 5.73. The molecule has 1 aliphatic heterocycles. The largest absolute Gasteiger partial charge is 0.497 e. The van der Waals surface area contributed by atoms with Crippen molar-refractivity contribution in [1.82, 2.24) is 9.78 Å². The van der Waals surface area contributed by atoms with E-state index >= 15 is 0 Å². The zero-order chi connectivity index (χ0) is 13.1. The molecule has 0 N–H and O–H groups in total.